The summed E-state index contributed by atoms with van der Waals surface area (Å²) in [6.45, 7) is 7.39. The number of aliphatic imine (C=N–C) groups is 1. The fraction of sp³-hybridized carbons (Fsp3) is 0.357. The van der Waals surface area contributed by atoms with Crippen molar-refractivity contribution in [2.45, 2.75) is 59.4 Å². The predicted molar refractivity (Wildman–Crippen MR) is 133 cm³/mol. The Kier molecular flexibility index (Phi) is 13.2. The molecule has 0 amide bonds. The van der Waals surface area contributed by atoms with Gasteiger partial charge >= 0.3 is 6.36 Å². The number of hydrogen-bond acceptors (Lipinski definition) is 3. The SMILES string of the molecule is CC.C\C=C/C(=C\C=C\C/C=C\C/C(=C\C)C1N=C(c2c(F)cccc2F)CC1C#N)OC(F)(F)F. The second kappa shape index (κ2) is 15.5. The molecule has 194 valence electrons. The molecule has 36 heavy (non-hydrogen) atoms. The fourth-order valence-electron chi connectivity index (χ4n) is 3.49. The Balaban J connectivity index is 0.00000316. The van der Waals surface area contributed by atoms with Gasteiger partial charge in [0.05, 0.1) is 29.3 Å². The van der Waals surface area contributed by atoms with Gasteiger partial charge in [-0.25, -0.2) is 8.78 Å². The molecule has 2 rings (SSSR count). The van der Waals surface area contributed by atoms with Crippen molar-refractivity contribution in [3.05, 3.63) is 95.3 Å². The van der Waals surface area contributed by atoms with Crippen LogP contribution in [0.3, 0.4) is 0 Å². The van der Waals surface area contributed by atoms with Gasteiger partial charge in [-0.05, 0) is 56.5 Å². The molecule has 3 nitrogen and oxygen atoms in total. The molecule has 0 fully saturated rings. The minimum absolute atomic E-state index is 0.156. The van der Waals surface area contributed by atoms with Crippen LogP contribution >= 0.6 is 0 Å². The molecule has 0 bridgehead atoms. The third kappa shape index (κ3) is 9.65. The summed E-state index contributed by atoms with van der Waals surface area (Å²) in [7, 11) is 0. The first kappa shape index (κ1) is 30.6. The third-order valence-corrected chi connectivity index (χ3v) is 5.01. The van der Waals surface area contributed by atoms with Crippen LogP contribution in [0, 0.1) is 28.9 Å². The van der Waals surface area contributed by atoms with E-state index < -0.39 is 30.0 Å². The highest BCUT2D eigenvalue weighted by molar-refractivity contribution is 6.03. The molecular formula is C28H31F5N2O. The maximum atomic E-state index is 14.2. The average Bonchev–Trinajstić information content (AvgIpc) is 3.25. The summed E-state index contributed by atoms with van der Waals surface area (Å²) < 4.78 is 69.3. The van der Waals surface area contributed by atoms with Crippen molar-refractivity contribution in [3.8, 4) is 6.07 Å². The number of benzene rings is 1. The molecule has 1 aliphatic rings. The summed E-state index contributed by atoms with van der Waals surface area (Å²) >= 11 is 0. The van der Waals surface area contributed by atoms with Crippen molar-refractivity contribution in [1.82, 2.24) is 0 Å². The minimum Gasteiger partial charge on any atom is -0.406 e. The van der Waals surface area contributed by atoms with Gasteiger partial charge in [0.25, 0.3) is 0 Å². The van der Waals surface area contributed by atoms with E-state index in [0.29, 0.717) is 12.8 Å². The van der Waals surface area contributed by atoms with Crippen LogP contribution in [-0.2, 0) is 4.74 Å². The van der Waals surface area contributed by atoms with Gasteiger partial charge in [-0.1, -0.05) is 56.4 Å². The summed E-state index contributed by atoms with van der Waals surface area (Å²) in [6, 6.07) is 5.28. The van der Waals surface area contributed by atoms with Gasteiger partial charge in [0, 0.05) is 6.42 Å². The third-order valence-electron chi connectivity index (χ3n) is 5.01. The molecule has 0 radical (unpaired) electrons. The quantitative estimate of drug-likeness (QED) is 0.146. The topological polar surface area (TPSA) is 45.4 Å². The number of alkyl halides is 3. The van der Waals surface area contributed by atoms with E-state index in [1.54, 1.807) is 13.0 Å². The van der Waals surface area contributed by atoms with Gasteiger partial charge < -0.3 is 4.74 Å². The Labute approximate surface area is 209 Å². The lowest BCUT2D eigenvalue weighted by Gasteiger charge is -2.14. The number of hydrogen-bond donors (Lipinski definition) is 0. The van der Waals surface area contributed by atoms with Crippen molar-refractivity contribution < 1.29 is 26.7 Å². The molecule has 2 unspecified atom stereocenters. The molecule has 0 saturated heterocycles. The van der Waals surface area contributed by atoms with Gasteiger partial charge in [0.1, 0.15) is 17.4 Å². The molecule has 2 atom stereocenters. The predicted octanol–water partition coefficient (Wildman–Crippen LogP) is 8.53. The molecule has 1 aromatic carbocycles. The van der Waals surface area contributed by atoms with E-state index in [4.69, 9.17) is 0 Å². The zero-order valence-electron chi connectivity index (χ0n) is 20.8. The summed E-state index contributed by atoms with van der Waals surface area (Å²) in [5, 5.41) is 9.55. The van der Waals surface area contributed by atoms with Crippen molar-refractivity contribution >= 4 is 5.71 Å². The van der Waals surface area contributed by atoms with E-state index in [2.05, 4.69) is 15.8 Å². The molecule has 1 aromatic rings. The maximum Gasteiger partial charge on any atom is 0.573 e. The fourth-order valence-corrected chi connectivity index (χ4v) is 3.49. The van der Waals surface area contributed by atoms with E-state index in [0.717, 1.165) is 17.7 Å². The highest BCUT2D eigenvalue weighted by Gasteiger charge is 2.34. The molecule has 0 aliphatic carbocycles. The minimum atomic E-state index is -4.76. The lowest BCUT2D eigenvalue weighted by Crippen LogP contribution is -2.15. The first-order valence-electron chi connectivity index (χ1n) is 11.7. The van der Waals surface area contributed by atoms with E-state index in [-0.39, 0.29) is 23.5 Å². The Bertz CT molecular complexity index is 1050. The molecule has 1 heterocycles. The molecule has 0 saturated carbocycles. The summed E-state index contributed by atoms with van der Waals surface area (Å²) in [5.41, 5.74) is 0.886. The van der Waals surface area contributed by atoms with Crippen LogP contribution in [0.1, 0.15) is 52.5 Å². The highest BCUT2D eigenvalue weighted by atomic mass is 19.4. The first-order valence-corrected chi connectivity index (χ1v) is 11.7. The van der Waals surface area contributed by atoms with Crippen LogP contribution in [0.25, 0.3) is 0 Å². The van der Waals surface area contributed by atoms with Crippen LogP contribution in [0.5, 0.6) is 0 Å². The molecule has 8 heteroatoms. The van der Waals surface area contributed by atoms with E-state index in [1.165, 1.54) is 30.4 Å². The molecule has 0 N–H and O–H groups in total. The van der Waals surface area contributed by atoms with Crippen molar-refractivity contribution in [3.63, 3.8) is 0 Å². The number of allylic oxidation sites excluding steroid dienone is 8. The van der Waals surface area contributed by atoms with Crippen LogP contribution in [0.4, 0.5) is 22.0 Å². The van der Waals surface area contributed by atoms with Crippen LogP contribution in [0.2, 0.25) is 0 Å². The monoisotopic (exact) mass is 506 g/mol. The summed E-state index contributed by atoms with van der Waals surface area (Å²) in [6.07, 6.45) is 8.84. The summed E-state index contributed by atoms with van der Waals surface area (Å²) in [4.78, 5) is 4.48. The van der Waals surface area contributed by atoms with Crippen LogP contribution in [-0.4, -0.2) is 18.1 Å². The average molecular weight is 507 g/mol. The van der Waals surface area contributed by atoms with Gasteiger partial charge in [0.2, 0.25) is 0 Å². The van der Waals surface area contributed by atoms with Crippen LogP contribution in [0.15, 0.2) is 83.1 Å². The maximum absolute atomic E-state index is 14.2. The molecular weight excluding hydrogens is 475 g/mol. The van der Waals surface area contributed by atoms with E-state index >= 15 is 0 Å². The largest absolute Gasteiger partial charge is 0.573 e. The second-order valence-electron chi connectivity index (χ2n) is 7.38. The lowest BCUT2D eigenvalue weighted by molar-refractivity contribution is -0.303. The van der Waals surface area contributed by atoms with Gasteiger partial charge in [-0.3, -0.25) is 4.99 Å². The number of nitriles is 1. The first-order chi connectivity index (χ1) is 17.2. The second-order valence-corrected chi connectivity index (χ2v) is 7.38. The number of rotatable bonds is 9. The zero-order chi connectivity index (χ0) is 27.1. The van der Waals surface area contributed by atoms with Crippen molar-refractivity contribution in [2.75, 3.05) is 0 Å². The van der Waals surface area contributed by atoms with E-state index in [9.17, 15) is 27.2 Å². The standard InChI is InChI=1S/C26H25F5N2O.C2H6/c1-3-11-20(34-26(29,30)31)13-9-7-5-6-8-12-18(4-2)25-19(17-32)16-23(33-25)24-21(27)14-10-15-22(24)28;1-2/h3-4,6-11,13-15,19,25H,5,12,16H2,1-2H3;1-2H3/b8-6-,9-7+,11-3-,18-4+,20-13+;. The molecule has 0 aromatic heterocycles. The smallest absolute Gasteiger partial charge is 0.406 e. The number of ether oxygens (including phenoxy) is 1. The lowest BCUT2D eigenvalue weighted by atomic mass is 9.91. The van der Waals surface area contributed by atoms with Crippen LogP contribution < -0.4 is 0 Å². The molecule has 1 aliphatic heterocycles. The Morgan fingerprint density at radius 2 is 1.81 bits per heavy atom. The Morgan fingerprint density at radius 1 is 1.14 bits per heavy atom. The van der Waals surface area contributed by atoms with Gasteiger partial charge in [0.15, 0.2) is 0 Å². The number of halogens is 5. The van der Waals surface area contributed by atoms with Gasteiger partial charge in [-0.15, -0.1) is 13.2 Å². The zero-order valence-corrected chi connectivity index (χ0v) is 20.8. The normalized spacial score (nSPS) is 18.9. The molecule has 0 spiro atoms. The number of nitrogens with zero attached hydrogens (tertiary/aromatic N) is 2. The summed E-state index contributed by atoms with van der Waals surface area (Å²) in [5.74, 6) is -2.28. The highest BCUT2D eigenvalue weighted by Crippen LogP contribution is 2.32. The Morgan fingerprint density at radius 3 is 2.36 bits per heavy atom. The van der Waals surface area contributed by atoms with Crippen molar-refractivity contribution in [2.24, 2.45) is 10.9 Å². The van der Waals surface area contributed by atoms with Gasteiger partial charge in [-0.2, -0.15) is 5.26 Å². The Hall–Kier alpha value is -3.47. The van der Waals surface area contributed by atoms with E-state index in [1.807, 2.05) is 39.0 Å². The van der Waals surface area contributed by atoms with Crippen molar-refractivity contribution in [1.29, 1.82) is 5.26 Å².